The molecular formula is C20H23BrClN2O3+. The third kappa shape index (κ3) is 6.65. The van der Waals surface area contributed by atoms with Crippen LogP contribution in [0.2, 0.25) is 0 Å². The second-order valence-electron chi connectivity index (χ2n) is 5.85. The van der Waals surface area contributed by atoms with Gasteiger partial charge in [-0.25, -0.2) is 4.79 Å². The Morgan fingerprint density at radius 1 is 1.22 bits per heavy atom. The zero-order chi connectivity index (χ0) is 19.6. The highest BCUT2D eigenvalue weighted by Gasteiger charge is 2.23. The molecule has 1 atom stereocenters. The van der Waals surface area contributed by atoms with Crippen LogP contribution in [0.3, 0.4) is 0 Å². The molecule has 2 aromatic carbocycles. The number of esters is 1. The topological polar surface area (TPSA) is 72.0 Å². The number of nitrogens with two attached hydrogens (primary N) is 1. The normalized spacial score (nSPS) is 11.7. The molecule has 27 heavy (non-hydrogen) atoms. The highest BCUT2D eigenvalue weighted by Crippen LogP contribution is 2.29. The van der Waals surface area contributed by atoms with Crippen molar-refractivity contribution in [1.82, 2.24) is 0 Å². The Labute approximate surface area is 172 Å². The highest BCUT2D eigenvalue weighted by atomic mass is 79.9. The Hall–Kier alpha value is -1.89. The standard InChI is InChI=1S/C20H22BrClN2O3/c1-2-27-19(26)13-23-20(14-6-4-3-5-7-14)16-12-15(21)8-9-17(16)24-18(25)10-11-22/h3-9,12,20,23H,2,10-11,13H2,1H3,(H,24,25)/p+1/t20-/m1/s1. The van der Waals surface area contributed by atoms with E-state index >= 15 is 0 Å². The summed E-state index contributed by atoms with van der Waals surface area (Å²) in [6.45, 7) is 2.31. The lowest BCUT2D eigenvalue weighted by atomic mass is 9.97. The van der Waals surface area contributed by atoms with Crippen LogP contribution in [-0.2, 0) is 14.3 Å². The van der Waals surface area contributed by atoms with Gasteiger partial charge in [-0.1, -0.05) is 46.3 Å². The average molecular weight is 455 g/mol. The number of hydrogen-bond acceptors (Lipinski definition) is 3. The molecule has 0 aliphatic rings. The smallest absolute Gasteiger partial charge is 0.361 e. The number of carbonyl (C=O) groups excluding carboxylic acids is 2. The van der Waals surface area contributed by atoms with Crippen molar-refractivity contribution < 1.29 is 19.6 Å². The number of hydrogen-bond donors (Lipinski definition) is 2. The molecule has 2 rings (SSSR count). The number of quaternary nitrogens is 1. The predicted molar refractivity (Wildman–Crippen MR) is 110 cm³/mol. The van der Waals surface area contributed by atoms with Gasteiger partial charge in [-0.05, 0) is 25.1 Å². The first-order valence-corrected chi connectivity index (χ1v) is 10.1. The molecule has 0 unspecified atom stereocenters. The van der Waals surface area contributed by atoms with Gasteiger partial charge in [0.15, 0.2) is 6.54 Å². The molecule has 5 nitrogen and oxygen atoms in total. The van der Waals surface area contributed by atoms with Crippen molar-refractivity contribution >= 4 is 45.1 Å². The maximum absolute atomic E-state index is 12.1. The summed E-state index contributed by atoms with van der Waals surface area (Å²) >= 11 is 9.17. The fraction of sp³-hybridized carbons (Fsp3) is 0.300. The van der Waals surface area contributed by atoms with E-state index in [0.29, 0.717) is 12.3 Å². The minimum atomic E-state index is -0.277. The minimum absolute atomic E-state index is 0.147. The Balaban J connectivity index is 2.37. The van der Waals surface area contributed by atoms with Gasteiger partial charge in [-0.2, -0.15) is 0 Å². The molecule has 3 N–H and O–H groups in total. The molecule has 0 bridgehead atoms. The van der Waals surface area contributed by atoms with Gasteiger partial charge in [-0.15, -0.1) is 11.6 Å². The first-order chi connectivity index (χ1) is 13.0. The van der Waals surface area contributed by atoms with E-state index in [-0.39, 0.29) is 36.8 Å². The maximum atomic E-state index is 12.1. The van der Waals surface area contributed by atoms with Crippen LogP contribution in [0, 0.1) is 0 Å². The van der Waals surface area contributed by atoms with E-state index in [4.69, 9.17) is 16.3 Å². The van der Waals surface area contributed by atoms with Crippen LogP contribution in [0.25, 0.3) is 0 Å². The Morgan fingerprint density at radius 2 is 1.96 bits per heavy atom. The van der Waals surface area contributed by atoms with Gasteiger partial charge in [0, 0.05) is 27.9 Å². The molecule has 0 aliphatic heterocycles. The van der Waals surface area contributed by atoms with Crippen LogP contribution in [0.5, 0.6) is 0 Å². The van der Waals surface area contributed by atoms with Crippen LogP contribution >= 0.6 is 27.5 Å². The molecule has 1 amide bonds. The summed E-state index contributed by atoms with van der Waals surface area (Å²) in [7, 11) is 0. The van der Waals surface area contributed by atoms with Crippen molar-refractivity contribution in [3.8, 4) is 0 Å². The predicted octanol–water partition coefficient (Wildman–Crippen LogP) is 3.23. The first-order valence-electron chi connectivity index (χ1n) is 8.74. The van der Waals surface area contributed by atoms with E-state index < -0.39 is 0 Å². The molecule has 0 aliphatic carbocycles. The second-order valence-corrected chi connectivity index (χ2v) is 7.15. The van der Waals surface area contributed by atoms with Gasteiger partial charge < -0.3 is 15.4 Å². The van der Waals surface area contributed by atoms with Crippen molar-refractivity contribution in [2.45, 2.75) is 19.4 Å². The van der Waals surface area contributed by atoms with E-state index in [1.54, 1.807) is 6.92 Å². The number of halogens is 2. The minimum Gasteiger partial charge on any atom is -0.462 e. The van der Waals surface area contributed by atoms with Gasteiger partial charge in [-0.3, -0.25) is 4.79 Å². The molecule has 0 saturated carbocycles. The van der Waals surface area contributed by atoms with E-state index in [2.05, 4.69) is 21.2 Å². The molecule has 0 fully saturated rings. The van der Waals surface area contributed by atoms with Crippen LogP contribution < -0.4 is 10.6 Å². The number of ether oxygens (including phenoxy) is 1. The Morgan fingerprint density at radius 3 is 2.63 bits per heavy atom. The summed E-state index contributed by atoms with van der Waals surface area (Å²) in [4.78, 5) is 23.9. The Bertz CT molecular complexity index is 771. The lowest BCUT2D eigenvalue weighted by molar-refractivity contribution is -0.677. The van der Waals surface area contributed by atoms with E-state index in [1.165, 1.54) is 0 Å². The Kier molecular flexibility index (Phi) is 8.78. The van der Waals surface area contributed by atoms with Crippen LogP contribution in [0.15, 0.2) is 53.0 Å². The molecular weight excluding hydrogens is 432 g/mol. The van der Waals surface area contributed by atoms with E-state index in [1.807, 2.05) is 53.8 Å². The number of amides is 1. The number of carbonyl (C=O) groups is 2. The summed E-state index contributed by atoms with van der Waals surface area (Å²) in [5.74, 6) is -0.165. The van der Waals surface area contributed by atoms with Gasteiger partial charge >= 0.3 is 5.97 Å². The maximum Gasteiger partial charge on any atom is 0.361 e. The van der Waals surface area contributed by atoms with Gasteiger partial charge in [0.1, 0.15) is 6.04 Å². The van der Waals surface area contributed by atoms with Gasteiger partial charge in [0.05, 0.1) is 12.3 Å². The van der Waals surface area contributed by atoms with Crippen molar-refractivity contribution in [2.75, 3.05) is 24.3 Å². The van der Waals surface area contributed by atoms with E-state index in [0.717, 1.165) is 15.6 Å². The molecule has 144 valence electrons. The molecule has 0 saturated heterocycles. The van der Waals surface area contributed by atoms with Crippen molar-refractivity contribution in [3.05, 3.63) is 64.1 Å². The van der Waals surface area contributed by atoms with Crippen molar-refractivity contribution in [1.29, 1.82) is 0 Å². The largest absolute Gasteiger partial charge is 0.462 e. The monoisotopic (exact) mass is 453 g/mol. The molecule has 0 radical (unpaired) electrons. The van der Waals surface area contributed by atoms with Crippen LogP contribution in [-0.4, -0.2) is 30.9 Å². The second kappa shape index (κ2) is 11.1. The summed E-state index contributed by atoms with van der Waals surface area (Å²) < 4.78 is 5.94. The third-order valence-electron chi connectivity index (χ3n) is 3.93. The lowest BCUT2D eigenvalue weighted by Crippen LogP contribution is -2.87. The SMILES string of the molecule is CCOC(=O)C[NH2+][C@H](c1ccccc1)c1cc(Br)ccc1NC(=O)CCCl. The van der Waals surface area contributed by atoms with Crippen molar-refractivity contribution in [2.24, 2.45) is 0 Å². The van der Waals surface area contributed by atoms with Crippen LogP contribution in [0.4, 0.5) is 5.69 Å². The quantitative estimate of drug-likeness (QED) is 0.451. The zero-order valence-electron chi connectivity index (χ0n) is 15.1. The summed E-state index contributed by atoms with van der Waals surface area (Å²) in [5.41, 5.74) is 2.61. The summed E-state index contributed by atoms with van der Waals surface area (Å²) in [5, 5.41) is 4.83. The van der Waals surface area contributed by atoms with Crippen molar-refractivity contribution in [3.63, 3.8) is 0 Å². The zero-order valence-corrected chi connectivity index (χ0v) is 17.4. The van der Waals surface area contributed by atoms with E-state index in [9.17, 15) is 9.59 Å². The summed E-state index contributed by atoms with van der Waals surface area (Å²) in [6.07, 6.45) is 0.236. The first kappa shape index (κ1) is 21.4. The highest BCUT2D eigenvalue weighted by molar-refractivity contribution is 9.10. The number of rotatable bonds is 9. The average Bonchev–Trinajstić information content (AvgIpc) is 2.65. The third-order valence-corrected chi connectivity index (χ3v) is 4.61. The number of benzene rings is 2. The van der Waals surface area contributed by atoms with Crippen LogP contribution in [0.1, 0.15) is 30.5 Å². The molecule has 0 spiro atoms. The molecule has 0 aromatic heterocycles. The molecule has 2 aromatic rings. The molecule has 0 heterocycles. The number of anilines is 1. The summed E-state index contributed by atoms with van der Waals surface area (Å²) in [6, 6.07) is 15.3. The van der Waals surface area contributed by atoms with Gasteiger partial charge in [0.2, 0.25) is 5.91 Å². The number of alkyl halides is 1. The lowest BCUT2D eigenvalue weighted by Gasteiger charge is -2.20. The number of nitrogens with one attached hydrogen (secondary N) is 1. The molecule has 7 heteroatoms. The van der Waals surface area contributed by atoms with Gasteiger partial charge in [0.25, 0.3) is 0 Å². The fourth-order valence-electron chi connectivity index (χ4n) is 2.74. The fourth-order valence-corrected chi connectivity index (χ4v) is 3.29.